The van der Waals surface area contributed by atoms with Gasteiger partial charge in [-0.3, -0.25) is 0 Å². The first-order valence-electron chi connectivity index (χ1n) is 7.57. The molecule has 0 bridgehead atoms. The first-order valence-corrected chi connectivity index (χ1v) is 7.57. The number of hydrogen-bond acceptors (Lipinski definition) is 5. The molecule has 0 radical (unpaired) electrons. The Labute approximate surface area is 126 Å². The highest BCUT2D eigenvalue weighted by Crippen LogP contribution is 2.14. The molecule has 2 rings (SSSR count). The molecule has 0 aliphatic rings. The third-order valence-electron chi connectivity index (χ3n) is 3.65. The summed E-state index contributed by atoms with van der Waals surface area (Å²) in [5.41, 5.74) is 7.32. The molecule has 2 aromatic rings. The van der Waals surface area contributed by atoms with Crippen LogP contribution in [0.1, 0.15) is 37.2 Å². The van der Waals surface area contributed by atoms with Crippen molar-refractivity contribution >= 4 is 0 Å². The van der Waals surface area contributed by atoms with Gasteiger partial charge in [-0.15, -0.1) is 0 Å². The van der Waals surface area contributed by atoms with Crippen LogP contribution in [-0.2, 0) is 12.8 Å². The van der Waals surface area contributed by atoms with Crippen molar-refractivity contribution < 1.29 is 4.52 Å². The molecule has 0 saturated carbocycles. The first-order chi connectivity index (χ1) is 10.2. The van der Waals surface area contributed by atoms with Crippen molar-refractivity contribution in [3.05, 3.63) is 47.6 Å². The van der Waals surface area contributed by atoms with Gasteiger partial charge in [0.2, 0.25) is 5.89 Å². The SMILES string of the molecule is CCN(CC)CCc1noc([C@H](N)Cc2ccccc2)n1. The van der Waals surface area contributed by atoms with E-state index in [4.69, 9.17) is 10.3 Å². The van der Waals surface area contributed by atoms with Crippen LogP contribution in [0, 0.1) is 0 Å². The second-order valence-electron chi connectivity index (χ2n) is 5.12. The Morgan fingerprint density at radius 1 is 1.19 bits per heavy atom. The van der Waals surface area contributed by atoms with Crippen molar-refractivity contribution in [1.82, 2.24) is 15.0 Å². The van der Waals surface area contributed by atoms with Crippen LogP contribution < -0.4 is 5.73 Å². The number of nitrogens with two attached hydrogens (primary N) is 1. The van der Waals surface area contributed by atoms with Crippen LogP contribution >= 0.6 is 0 Å². The number of rotatable bonds is 8. The van der Waals surface area contributed by atoms with Crippen molar-refractivity contribution in [2.45, 2.75) is 32.7 Å². The molecule has 1 heterocycles. The minimum atomic E-state index is -0.248. The molecule has 5 nitrogen and oxygen atoms in total. The van der Waals surface area contributed by atoms with E-state index in [1.165, 1.54) is 5.56 Å². The molecular weight excluding hydrogens is 264 g/mol. The van der Waals surface area contributed by atoms with E-state index in [0.717, 1.165) is 31.9 Å². The van der Waals surface area contributed by atoms with E-state index in [9.17, 15) is 0 Å². The summed E-state index contributed by atoms with van der Waals surface area (Å²) in [4.78, 5) is 6.75. The lowest BCUT2D eigenvalue weighted by Gasteiger charge is -2.16. The Morgan fingerprint density at radius 2 is 1.90 bits per heavy atom. The highest BCUT2D eigenvalue weighted by Gasteiger charge is 2.15. The summed E-state index contributed by atoms with van der Waals surface area (Å²) in [6, 6.07) is 9.86. The van der Waals surface area contributed by atoms with Crippen LogP contribution in [0.15, 0.2) is 34.9 Å². The average molecular weight is 288 g/mol. The zero-order valence-corrected chi connectivity index (χ0v) is 12.8. The summed E-state index contributed by atoms with van der Waals surface area (Å²) in [5.74, 6) is 1.26. The van der Waals surface area contributed by atoms with Gasteiger partial charge in [-0.2, -0.15) is 4.98 Å². The maximum atomic E-state index is 6.14. The predicted octanol–water partition coefficient (Wildman–Crippen LogP) is 2.20. The van der Waals surface area contributed by atoms with Gasteiger partial charge in [0, 0.05) is 13.0 Å². The summed E-state index contributed by atoms with van der Waals surface area (Å²) < 4.78 is 5.29. The predicted molar refractivity (Wildman–Crippen MR) is 82.9 cm³/mol. The Hall–Kier alpha value is -1.72. The lowest BCUT2D eigenvalue weighted by atomic mass is 10.1. The van der Waals surface area contributed by atoms with E-state index in [1.54, 1.807) is 0 Å². The molecule has 0 aliphatic carbocycles. The van der Waals surface area contributed by atoms with Gasteiger partial charge in [0.15, 0.2) is 5.82 Å². The van der Waals surface area contributed by atoms with Crippen LogP contribution in [0.2, 0.25) is 0 Å². The van der Waals surface area contributed by atoms with Gasteiger partial charge in [0.25, 0.3) is 0 Å². The summed E-state index contributed by atoms with van der Waals surface area (Å²) in [6.45, 7) is 7.32. The Morgan fingerprint density at radius 3 is 2.57 bits per heavy atom. The molecule has 0 saturated heterocycles. The molecule has 0 amide bonds. The lowest BCUT2D eigenvalue weighted by molar-refractivity contribution is 0.302. The molecular formula is C16H24N4O. The number of aromatic nitrogens is 2. The molecule has 21 heavy (non-hydrogen) atoms. The molecule has 0 fully saturated rings. The average Bonchev–Trinajstić information content (AvgIpc) is 2.98. The molecule has 1 aromatic carbocycles. The van der Waals surface area contributed by atoms with E-state index in [1.807, 2.05) is 18.2 Å². The fourth-order valence-electron chi connectivity index (χ4n) is 2.27. The van der Waals surface area contributed by atoms with Gasteiger partial charge in [0.1, 0.15) is 0 Å². The normalized spacial score (nSPS) is 12.8. The van der Waals surface area contributed by atoms with Crippen LogP contribution in [0.25, 0.3) is 0 Å². The van der Waals surface area contributed by atoms with Gasteiger partial charge in [-0.05, 0) is 25.1 Å². The van der Waals surface area contributed by atoms with Crippen LogP contribution in [0.4, 0.5) is 0 Å². The Kier molecular flexibility index (Phi) is 5.90. The number of benzene rings is 1. The molecule has 1 aromatic heterocycles. The summed E-state index contributed by atoms with van der Waals surface area (Å²) >= 11 is 0. The summed E-state index contributed by atoms with van der Waals surface area (Å²) in [5, 5.41) is 4.03. The zero-order valence-electron chi connectivity index (χ0n) is 12.8. The summed E-state index contributed by atoms with van der Waals surface area (Å²) in [7, 11) is 0. The van der Waals surface area contributed by atoms with E-state index in [0.29, 0.717) is 12.3 Å². The largest absolute Gasteiger partial charge is 0.338 e. The van der Waals surface area contributed by atoms with E-state index in [2.05, 4.69) is 41.0 Å². The minimum absolute atomic E-state index is 0.248. The highest BCUT2D eigenvalue weighted by molar-refractivity contribution is 5.16. The first kappa shape index (κ1) is 15.7. The molecule has 1 atom stereocenters. The monoisotopic (exact) mass is 288 g/mol. The van der Waals surface area contributed by atoms with Gasteiger partial charge < -0.3 is 15.2 Å². The molecule has 0 unspecified atom stereocenters. The second-order valence-corrected chi connectivity index (χ2v) is 5.12. The summed E-state index contributed by atoms with van der Waals surface area (Å²) in [6.07, 6.45) is 1.50. The zero-order chi connectivity index (χ0) is 15.1. The third-order valence-corrected chi connectivity index (χ3v) is 3.65. The van der Waals surface area contributed by atoms with Gasteiger partial charge in [-0.25, -0.2) is 0 Å². The van der Waals surface area contributed by atoms with Gasteiger partial charge >= 0.3 is 0 Å². The van der Waals surface area contributed by atoms with Crippen LogP contribution in [0.3, 0.4) is 0 Å². The molecule has 0 spiro atoms. The van der Waals surface area contributed by atoms with E-state index in [-0.39, 0.29) is 6.04 Å². The van der Waals surface area contributed by atoms with E-state index >= 15 is 0 Å². The minimum Gasteiger partial charge on any atom is -0.338 e. The molecule has 114 valence electrons. The second kappa shape index (κ2) is 7.90. The Balaban J connectivity index is 1.90. The highest BCUT2D eigenvalue weighted by atomic mass is 16.5. The van der Waals surface area contributed by atoms with E-state index < -0.39 is 0 Å². The van der Waals surface area contributed by atoms with Crippen molar-refractivity contribution in [3.63, 3.8) is 0 Å². The Bertz CT molecular complexity index is 522. The fraction of sp³-hybridized carbons (Fsp3) is 0.500. The number of nitrogens with zero attached hydrogens (tertiary/aromatic N) is 3. The fourth-order valence-corrected chi connectivity index (χ4v) is 2.27. The standard InChI is InChI=1S/C16H24N4O/c1-3-20(4-2)11-10-15-18-16(21-19-15)14(17)12-13-8-6-5-7-9-13/h5-9,14H,3-4,10-12,17H2,1-2H3/t14-/m1/s1. The maximum Gasteiger partial charge on any atom is 0.243 e. The van der Waals surface area contributed by atoms with Crippen molar-refractivity contribution in [3.8, 4) is 0 Å². The quantitative estimate of drug-likeness (QED) is 0.806. The van der Waals surface area contributed by atoms with Crippen LogP contribution in [0.5, 0.6) is 0 Å². The number of hydrogen-bond donors (Lipinski definition) is 1. The van der Waals surface area contributed by atoms with Crippen LogP contribution in [-0.4, -0.2) is 34.7 Å². The molecule has 5 heteroatoms. The van der Waals surface area contributed by atoms with Gasteiger partial charge in [-0.1, -0.05) is 49.3 Å². The maximum absolute atomic E-state index is 6.14. The molecule has 0 aliphatic heterocycles. The topological polar surface area (TPSA) is 68.2 Å². The third kappa shape index (κ3) is 4.65. The van der Waals surface area contributed by atoms with Crippen molar-refractivity contribution in [2.24, 2.45) is 5.73 Å². The van der Waals surface area contributed by atoms with Crippen molar-refractivity contribution in [2.75, 3.05) is 19.6 Å². The number of likely N-dealkylation sites (N-methyl/N-ethyl adjacent to an activating group) is 1. The molecule has 2 N–H and O–H groups in total. The lowest BCUT2D eigenvalue weighted by Crippen LogP contribution is -2.25. The van der Waals surface area contributed by atoms with Gasteiger partial charge in [0.05, 0.1) is 6.04 Å². The van der Waals surface area contributed by atoms with Crippen molar-refractivity contribution in [1.29, 1.82) is 0 Å². The smallest absolute Gasteiger partial charge is 0.243 e.